The fraction of sp³-hybridized carbons (Fsp3) is 0.526. The molecule has 1 fully saturated rings. The number of aromatic nitrogens is 1. The number of ether oxygens (including phenoxy) is 1. The Kier molecular flexibility index (Phi) is 5.23. The second-order valence-corrected chi connectivity index (χ2v) is 8.43. The first kappa shape index (κ1) is 17.4. The lowest BCUT2D eigenvalue weighted by molar-refractivity contribution is 0.152. The molecule has 0 radical (unpaired) electrons. The minimum absolute atomic E-state index is 0.119. The van der Waals surface area contributed by atoms with Crippen LogP contribution in [0.1, 0.15) is 42.3 Å². The van der Waals surface area contributed by atoms with Crippen LogP contribution in [0, 0.1) is 0 Å². The van der Waals surface area contributed by atoms with Crippen LogP contribution in [-0.4, -0.2) is 36.6 Å². The molecule has 1 aliphatic heterocycles. The van der Waals surface area contributed by atoms with Gasteiger partial charge in [-0.25, -0.2) is 4.98 Å². The SMILES string of the molecule is COc1ccccc1C1CNCCN1Cc1cnc(C(C)(C)C)s1. The monoisotopic (exact) mass is 345 g/mol. The Labute approximate surface area is 148 Å². The Hall–Kier alpha value is -1.43. The standard InChI is InChI=1S/C19H27N3OS/c1-19(2,3)18-21-11-14(24-18)13-22-10-9-20-12-16(22)15-7-5-6-8-17(15)23-4/h5-8,11,16,20H,9-10,12-13H2,1-4H3. The Morgan fingerprint density at radius 3 is 2.83 bits per heavy atom. The number of piperazine rings is 1. The highest BCUT2D eigenvalue weighted by Gasteiger charge is 2.27. The summed E-state index contributed by atoms with van der Waals surface area (Å²) in [6, 6.07) is 8.68. The van der Waals surface area contributed by atoms with E-state index in [9.17, 15) is 0 Å². The molecule has 1 aromatic heterocycles. The van der Waals surface area contributed by atoms with Crippen molar-refractivity contribution in [2.24, 2.45) is 0 Å². The van der Waals surface area contributed by atoms with Crippen LogP contribution in [-0.2, 0) is 12.0 Å². The molecule has 0 aliphatic carbocycles. The van der Waals surface area contributed by atoms with Gasteiger partial charge in [-0.1, -0.05) is 39.0 Å². The third-order valence-electron chi connectivity index (χ3n) is 4.41. The van der Waals surface area contributed by atoms with Gasteiger partial charge in [0.25, 0.3) is 0 Å². The molecule has 2 aromatic rings. The van der Waals surface area contributed by atoms with E-state index < -0.39 is 0 Å². The van der Waals surface area contributed by atoms with Gasteiger partial charge in [0.1, 0.15) is 5.75 Å². The molecule has 5 heteroatoms. The van der Waals surface area contributed by atoms with Crippen LogP contribution in [0.4, 0.5) is 0 Å². The van der Waals surface area contributed by atoms with Crippen LogP contribution in [0.2, 0.25) is 0 Å². The molecule has 3 rings (SSSR count). The zero-order chi connectivity index (χ0) is 17.2. The Bertz CT molecular complexity index is 677. The van der Waals surface area contributed by atoms with Crippen molar-refractivity contribution in [1.29, 1.82) is 0 Å². The second kappa shape index (κ2) is 7.21. The average Bonchev–Trinajstić information content (AvgIpc) is 3.04. The first-order valence-electron chi connectivity index (χ1n) is 8.52. The molecular weight excluding hydrogens is 318 g/mol. The van der Waals surface area contributed by atoms with Gasteiger partial charge in [0, 0.05) is 48.2 Å². The fourth-order valence-corrected chi connectivity index (χ4v) is 4.11. The molecule has 1 saturated heterocycles. The van der Waals surface area contributed by atoms with E-state index in [-0.39, 0.29) is 5.41 Å². The molecular formula is C19H27N3OS. The molecule has 4 nitrogen and oxygen atoms in total. The summed E-state index contributed by atoms with van der Waals surface area (Å²) in [5.41, 5.74) is 1.38. The van der Waals surface area contributed by atoms with E-state index >= 15 is 0 Å². The van der Waals surface area contributed by atoms with Crippen molar-refractivity contribution < 1.29 is 4.74 Å². The zero-order valence-electron chi connectivity index (χ0n) is 15.0. The normalized spacial score (nSPS) is 19.4. The van der Waals surface area contributed by atoms with Crippen molar-refractivity contribution in [3.05, 3.63) is 45.9 Å². The number of rotatable bonds is 4. The molecule has 1 unspecified atom stereocenters. The van der Waals surface area contributed by atoms with Crippen molar-refractivity contribution in [2.75, 3.05) is 26.7 Å². The maximum atomic E-state index is 5.58. The smallest absolute Gasteiger partial charge is 0.123 e. The number of benzene rings is 1. The highest BCUT2D eigenvalue weighted by molar-refractivity contribution is 7.11. The van der Waals surface area contributed by atoms with Gasteiger partial charge in [-0.2, -0.15) is 0 Å². The summed E-state index contributed by atoms with van der Waals surface area (Å²) in [6.45, 7) is 10.6. The number of thiazole rings is 1. The number of para-hydroxylation sites is 1. The van der Waals surface area contributed by atoms with E-state index in [1.807, 2.05) is 29.7 Å². The van der Waals surface area contributed by atoms with Gasteiger partial charge >= 0.3 is 0 Å². The van der Waals surface area contributed by atoms with Gasteiger partial charge < -0.3 is 10.1 Å². The maximum absolute atomic E-state index is 5.58. The Morgan fingerprint density at radius 1 is 1.33 bits per heavy atom. The van der Waals surface area contributed by atoms with Crippen LogP contribution in [0.25, 0.3) is 0 Å². The van der Waals surface area contributed by atoms with Crippen molar-refractivity contribution in [1.82, 2.24) is 15.2 Å². The fourth-order valence-electron chi connectivity index (χ4n) is 3.11. The second-order valence-electron chi connectivity index (χ2n) is 7.31. The number of nitrogens with zero attached hydrogens (tertiary/aromatic N) is 2. The molecule has 0 amide bonds. The van der Waals surface area contributed by atoms with Gasteiger partial charge in [0.15, 0.2) is 0 Å². The van der Waals surface area contributed by atoms with E-state index in [1.165, 1.54) is 15.4 Å². The number of hydrogen-bond acceptors (Lipinski definition) is 5. The molecule has 0 bridgehead atoms. The van der Waals surface area contributed by atoms with E-state index in [1.54, 1.807) is 7.11 Å². The zero-order valence-corrected chi connectivity index (χ0v) is 15.8. The van der Waals surface area contributed by atoms with Crippen LogP contribution in [0.3, 0.4) is 0 Å². The predicted molar refractivity (Wildman–Crippen MR) is 99.8 cm³/mol. The van der Waals surface area contributed by atoms with Gasteiger partial charge in [0.05, 0.1) is 18.2 Å². The predicted octanol–water partition coefficient (Wildman–Crippen LogP) is 3.60. The molecule has 2 heterocycles. The molecule has 0 spiro atoms. The first-order chi connectivity index (χ1) is 11.5. The van der Waals surface area contributed by atoms with Crippen LogP contribution in [0.5, 0.6) is 5.75 Å². The summed E-state index contributed by atoms with van der Waals surface area (Å²) < 4.78 is 5.58. The van der Waals surface area contributed by atoms with Gasteiger partial charge in [-0.3, -0.25) is 4.90 Å². The molecule has 1 atom stereocenters. The third-order valence-corrected chi connectivity index (χ3v) is 5.81. The summed E-state index contributed by atoms with van der Waals surface area (Å²) in [6.07, 6.45) is 2.05. The summed E-state index contributed by atoms with van der Waals surface area (Å²) in [5, 5.41) is 4.73. The highest BCUT2D eigenvalue weighted by atomic mass is 32.1. The molecule has 1 aliphatic rings. The number of methoxy groups -OCH3 is 1. The van der Waals surface area contributed by atoms with Crippen LogP contribution in [0.15, 0.2) is 30.5 Å². The van der Waals surface area contributed by atoms with Crippen molar-refractivity contribution in [3.8, 4) is 5.75 Å². The molecule has 130 valence electrons. The maximum Gasteiger partial charge on any atom is 0.123 e. The van der Waals surface area contributed by atoms with Crippen LogP contribution < -0.4 is 10.1 Å². The van der Waals surface area contributed by atoms with Crippen molar-refractivity contribution >= 4 is 11.3 Å². The van der Waals surface area contributed by atoms with Crippen molar-refractivity contribution in [2.45, 2.75) is 38.8 Å². The topological polar surface area (TPSA) is 37.4 Å². The molecule has 24 heavy (non-hydrogen) atoms. The largest absolute Gasteiger partial charge is 0.496 e. The minimum Gasteiger partial charge on any atom is -0.496 e. The van der Waals surface area contributed by atoms with E-state index in [0.717, 1.165) is 31.9 Å². The quantitative estimate of drug-likeness (QED) is 0.919. The van der Waals surface area contributed by atoms with Gasteiger partial charge in [-0.15, -0.1) is 11.3 Å². The summed E-state index contributed by atoms with van der Waals surface area (Å²) in [7, 11) is 1.75. The Morgan fingerprint density at radius 2 is 2.12 bits per heavy atom. The van der Waals surface area contributed by atoms with E-state index in [0.29, 0.717) is 6.04 Å². The summed E-state index contributed by atoms with van der Waals surface area (Å²) in [5.74, 6) is 0.968. The highest BCUT2D eigenvalue weighted by Crippen LogP contribution is 2.33. The van der Waals surface area contributed by atoms with Crippen molar-refractivity contribution in [3.63, 3.8) is 0 Å². The lowest BCUT2D eigenvalue weighted by atomic mass is 9.98. The number of hydrogen-bond donors (Lipinski definition) is 1. The average molecular weight is 346 g/mol. The van der Waals surface area contributed by atoms with Gasteiger partial charge in [0.2, 0.25) is 0 Å². The van der Waals surface area contributed by atoms with Gasteiger partial charge in [-0.05, 0) is 6.07 Å². The molecule has 0 saturated carbocycles. The summed E-state index contributed by atoms with van der Waals surface area (Å²) in [4.78, 5) is 8.51. The Balaban J connectivity index is 1.81. The van der Waals surface area contributed by atoms with E-state index in [4.69, 9.17) is 4.74 Å². The lowest BCUT2D eigenvalue weighted by Crippen LogP contribution is -2.45. The lowest BCUT2D eigenvalue weighted by Gasteiger charge is -2.36. The molecule has 1 aromatic carbocycles. The van der Waals surface area contributed by atoms with E-state index in [2.05, 4.69) is 48.1 Å². The molecule has 1 N–H and O–H groups in total. The minimum atomic E-state index is 0.119. The summed E-state index contributed by atoms with van der Waals surface area (Å²) >= 11 is 1.84. The van der Waals surface area contributed by atoms with Crippen LogP contribution >= 0.6 is 11.3 Å². The first-order valence-corrected chi connectivity index (χ1v) is 9.33. The third kappa shape index (κ3) is 3.79. The number of nitrogens with one attached hydrogen (secondary N) is 1.